The number of benzene rings is 1. The molecule has 0 unspecified atom stereocenters. The number of rotatable bonds is 3. The van der Waals surface area contributed by atoms with Crippen LogP contribution in [-0.4, -0.2) is 45.2 Å². The summed E-state index contributed by atoms with van der Waals surface area (Å²) >= 11 is 0. The molecule has 1 saturated heterocycles. The van der Waals surface area contributed by atoms with Crippen molar-refractivity contribution in [1.29, 1.82) is 0 Å². The third-order valence-electron chi connectivity index (χ3n) is 4.65. The smallest absolute Gasteiger partial charge is 0.276 e. The second kappa shape index (κ2) is 6.96. The Balaban J connectivity index is 1.66. The van der Waals surface area contributed by atoms with Crippen LogP contribution in [0.4, 0.5) is 8.78 Å². The van der Waals surface area contributed by atoms with Crippen LogP contribution in [0.5, 0.6) is 5.75 Å². The molecule has 29 heavy (non-hydrogen) atoms. The maximum atomic E-state index is 13.8. The number of halogens is 2. The summed E-state index contributed by atoms with van der Waals surface area (Å²) in [5, 5.41) is 12.7. The van der Waals surface area contributed by atoms with Crippen LogP contribution in [0.15, 0.2) is 29.2 Å². The molecule has 4 rings (SSSR count). The Bertz CT molecular complexity index is 1270. The minimum atomic E-state index is -2.97. The molecule has 8 nitrogen and oxygen atoms in total. The quantitative estimate of drug-likeness (QED) is 0.785. The van der Waals surface area contributed by atoms with Gasteiger partial charge in [0.2, 0.25) is 5.43 Å². The first kappa shape index (κ1) is 13.8. The maximum absolute atomic E-state index is 13.8. The first-order valence-corrected chi connectivity index (χ1v) is 8.41. The number of aromatic hydroxyl groups is 1. The first-order valence-electron chi connectivity index (χ1n) is 10.9. The molecule has 0 bridgehead atoms. The Morgan fingerprint density at radius 3 is 2.97 bits per heavy atom. The normalized spacial score (nSPS) is 25.1. The number of nitrogens with zero attached hydrogens (tertiary/aromatic N) is 2. The number of hydrogen-bond acceptors (Lipinski definition) is 5. The van der Waals surface area contributed by atoms with Crippen molar-refractivity contribution in [3.8, 4) is 5.75 Å². The highest BCUT2D eigenvalue weighted by molar-refractivity contribution is 5.99. The van der Waals surface area contributed by atoms with Crippen LogP contribution in [0.3, 0.4) is 0 Å². The lowest BCUT2D eigenvalue weighted by molar-refractivity contribution is 0.00624. The molecular weight excluding hydrogens is 388 g/mol. The average Bonchev–Trinajstić information content (AvgIpc) is 3.00. The minimum Gasteiger partial charge on any atom is -0.503 e. The Hall–Kier alpha value is -3.27. The van der Waals surface area contributed by atoms with E-state index < -0.39 is 78.1 Å². The molecule has 2 aliphatic heterocycles. The minimum absolute atomic E-state index is 0.0693. The van der Waals surface area contributed by atoms with Gasteiger partial charge in [-0.1, -0.05) is 6.07 Å². The second-order valence-electron chi connectivity index (χ2n) is 6.45. The van der Waals surface area contributed by atoms with Crippen LogP contribution in [0.1, 0.15) is 40.1 Å². The third kappa shape index (κ3) is 3.15. The van der Waals surface area contributed by atoms with Crippen LogP contribution in [0.2, 0.25) is 0 Å². The molecule has 2 aliphatic rings. The predicted octanol–water partition coefficient (Wildman–Crippen LogP) is 0.963. The number of carbonyl (C=O) groups is 2. The molecule has 0 radical (unpaired) electrons. The van der Waals surface area contributed by atoms with Crippen LogP contribution < -0.4 is 10.7 Å². The fraction of sp³-hybridized carbons (Fsp3) is 0.316. The fourth-order valence-electron chi connectivity index (χ4n) is 3.20. The summed E-state index contributed by atoms with van der Waals surface area (Å²) in [6.07, 6.45) is -0.448. The molecule has 10 heteroatoms. The summed E-state index contributed by atoms with van der Waals surface area (Å²) in [5.41, 5.74) is -2.56. The van der Waals surface area contributed by atoms with Gasteiger partial charge in [0.25, 0.3) is 11.8 Å². The van der Waals surface area contributed by atoms with Crippen molar-refractivity contribution in [3.05, 3.63) is 63.1 Å². The summed E-state index contributed by atoms with van der Waals surface area (Å²) in [4.78, 5) is 38.8. The Morgan fingerprint density at radius 1 is 1.45 bits per heavy atom. The van der Waals surface area contributed by atoms with Crippen molar-refractivity contribution in [3.63, 3.8) is 0 Å². The number of ether oxygens (including phenoxy) is 1. The number of amides is 2. The van der Waals surface area contributed by atoms with Gasteiger partial charge in [-0.15, -0.1) is 0 Å². The Labute approximate surface area is 170 Å². The van der Waals surface area contributed by atoms with Crippen molar-refractivity contribution in [2.75, 3.05) is 6.56 Å². The lowest BCUT2D eigenvalue weighted by Crippen LogP contribution is -2.49. The van der Waals surface area contributed by atoms with Crippen molar-refractivity contribution in [2.24, 2.45) is 0 Å². The van der Waals surface area contributed by atoms with Crippen LogP contribution in [-0.2, 0) is 17.8 Å². The number of pyridine rings is 1. The zero-order valence-corrected chi connectivity index (χ0v) is 14.6. The highest BCUT2D eigenvalue weighted by Gasteiger charge is 2.42. The molecule has 3 heterocycles. The number of hydrogen-bond donors (Lipinski definition) is 2. The largest absolute Gasteiger partial charge is 0.503 e. The number of nitrogens with one attached hydrogen (secondary N) is 1. The van der Waals surface area contributed by atoms with E-state index in [9.17, 15) is 28.3 Å². The van der Waals surface area contributed by atoms with E-state index in [1.54, 1.807) is 0 Å². The average molecular weight is 410 g/mol. The lowest BCUT2D eigenvalue weighted by atomic mass is 10.1. The molecule has 2 N–H and O–H groups in total. The SMILES string of the molecule is [2H]C([2H])([2H])[C@@H]1N2C(=O)c3c(O)c(=O)c(C(=O)NCc4ccc(F)cc4F)cn3C[C@H]2OC1([2H])[2H]. The summed E-state index contributed by atoms with van der Waals surface area (Å²) < 4.78 is 71.6. The molecule has 1 fully saturated rings. The van der Waals surface area contributed by atoms with Gasteiger partial charge in [0.05, 0.1) is 21.9 Å². The van der Waals surface area contributed by atoms with Gasteiger partial charge in [0, 0.05) is 28.5 Å². The molecule has 0 spiro atoms. The van der Waals surface area contributed by atoms with Gasteiger partial charge < -0.3 is 24.6 Å². The molecule has 1 aromatic heterocycles. The summed E-state index contributed by atoms with van der Waals surface area (Å²) in [6, 6.07) is 0.705. The second-order valence-corrected chi connectivity index (χ2v) is 6.45. The van der Waals surface area contributed by atoms with Gasteiger partial charge in [-0.25, -0.2) is 8.78 Å². The number of carbonyl (C=O) groups excluding carboxylic acids is 2. The van der Waals surface area contributed by atoms with Crippen LogP contribution in [0.25, 0.3) is 0 Å². The van der Waals surface area contributed by atoms with Crippen LogP contribution >= 0.6 is 0 Å². The highest BCUT2D eigenvalue weighted by atomic mass is 19.1. The van der Waals surface area contributed by atoms with E-state index in [2.05, 4.69) is 5.32 Å². The highest BCUT2D eigenvalue weighted by Crippen LogP contribution is 2.29. The molecular formula is C19H17F2N3O5. The standard InChI is InChI=1S/C19H17F2N3O5/c1-9-8-29-14-7-23-6-12(16(25)17(26)15(23)19(28)24(9)14)18(27)22-5-10-2-3-11(20)4-13(10)21/h2-4,6,9,14,26H,5,7-8H2,1H3,(H,22,27)/t9-,14+/m0/s1/i1D3,8D2. The molecule has 2 amide bonds. The van der Waals surface area contributed by atoms with Gasteiger partial charge in [0.15, 0.2) is 17.7 Å². The van der Waals surface area contributed by atoms with Crippen LogP contribution in [0, 0.1) is 11.6 Å². The van der Waals surface area contributed by atoms with E-state index in [0.29, 0.717) is 11.0 Å². The monoisotopic (exact) mass is 410 g/mol. The van der Waals surface area contributed by atoms with Gasteiger partial charge in [-0.05, 0) is 12.9 Å². The number of aromatic nitrogens is 1. The molecule has 2 atom stereocenters. The molecule has 152 valence electrons. The van der Waals surface area contributed by atoms with Gasteiger partial charge in [-0.2, -0.15) is 0 Å². The Kier molecular flexibility index (Phi) is 3.32. The van der Waals surface area contributed by atoms with E-state index in [4.69, 9.17) is 11.6 Å². The van der Waals surface area contributed by atoms with E-state index >= 15 is 0 Å². The topological polar surface area (TPSA) is 101 Å². The fourth-order valence-corrected chi connectivity index (χ4v) is 3.20. The summed E-state index contributed by atoms with van der Waals surface area (Å²) in [5.74, 6) is -5.07. The summed E-state index contributed by atoms with van der Waals surface area (Å²) in [6.45, 7) is -6.51. The van der Waals surface area contributed by atoms with Gasteiger partial charge in [0.1, 0.15) is 17.2 Å². The lowest BCUT2D eigenvalue weighted by Gasteiger charge is -2.33. The maximum Gasteiger partial charge on any atom is 0.276 e. The molecule has 0 saturated carbocycles. The first-order chi connectivity index (χ1) is 15.7. The zero-order chi connectivity index (χ0) is 25.2. The predicted molar refractivity (Wildman–Crippen MR) is 95.3 cm³/mol. The molecule has 0 aliphatic carbocycles. The number of fused-ring (bicyclic) bond motifs is 2. The summed E-state index contributed by atoms with van der Waals surface area (Å²) in [7, 11) is 0. The van der Waals surface area contributed by atoms with Crippen molar-refractivity contribution in [1.82, 2.24) is 14.8 Å². The van der Waals surface area contributed by atoms with E-state index in [0.717, 1.165) is 22.9 Å². The van der Waals surface area contributed by atoms with E-state index in [-0.39, 0.29) is 12.1 Å². The molecule has 2 aromatic rings. The van der Waals surface area contributed by atoms with E-state index in [1.807, 2.05) is 0 Å². The van der Waals surface area contributed by atoms with Crippen molar-refractivity contribution < 1.29 is 35.1 Å². The third-order valence-corrected chi connectivity index (χ3v) is 4.65. The van der Waals surface area contributed by atoms with Crippen molar-refractivity contribution in [2.45, 2.75) is 32.2 Å². The van der Waals surface area contributed by atoms with Gasteiger partial charge >= 0.3 is 0 Å². The van der Waals surface area contributed by atoms with E-state index in [1.165, 1.54) is 0 Å². The Morgan fingerprint density at radius 2 is 2.24 bits per heavy atom. The molecule has 1 aromatic carbocycles. The van der Waals surface area contributed by atoms with Crippen molar-refractivity contribution >= 4 is 11.8 Å². The van der Waals surface area contributed by atoms with Gasteiger partial charge in [-0.3, -0.25) is 14.4 Å². The zero-order valence-electron chi connectivity index (χ0n) is 19.6.